The molecule has 106 valence electrons. The predicted molar refractivity (Wildman–Crippen MR) is 85.0 cm³/mol. The van der Waals surface area contributed by atoms with Gasteiger partial charge in [0.15, 0.2) is 0 Å². The van der Waals surface area contributed by atoms with Crippen LogP contribution in [0, 0.1) is 11.8 Å². The van der Waals surface area contributed by atoms with Crippen LogP contribution in [0.1, 0.15) is 24.8 Å². The Hall–Kier alpha value is -1.12. The zero-order chi connectivity index (χ0) is 13.8. The van der Waals surface area contributed by atoms with Crippen LogP contribution in [0.3, 0.4) is 0 Å². The van der Waals surface area contributed by atoms with E-state index in [-0.39, 0.29) is 0 Å². The molecule has 20 heavy (non-hydrogen) atoms. The van der Waals surface area contributed by atoms with Gasteiger partial charge in [-0.15, -0.1) is 11.6 Å². The second-order valence-corrected chi connectivity index (χ2v) is 6.08. The summed E-state index contributed by atoms with van der Waals surface area (Å²) in [7, 11) is 0. The number of nitrogens with zero attached hydrogens (tertiary/aromatic N) is 1. The molecule has 0 radical (unpaired) electrons. The van der Waals surface area contributed by atoms with Gasteiger partial charge in [-0.05, 0) is 55.0 Å². The van der Waals surface area contributed by atoms with Gasteiger partial charge in [0.1, 0.15) is 0 Å². The zero-order valence-corrected chi connectivity index (χ0v) is 12.4. The van der Waals surface area contributed by atoms with Gasteiger partial charge in [0.25, 0.3) is 0 Å². The minimum absolute atomic E-state index is 0.713. The molecule has 0 spiro atoms. The monoisotopic (exact) mass is 288 g/mol. The van der Waals surface area contributed by atoms with Gasteiger partial charge in [-0.1, -0.05) is 18.6 Å². The van der Waals surface area contributed by atoms with E-state index in [1.54, 1.807) is 0 Å². The molecule has 2 nitrogen and oxygen atoms in total. The third kappa shape index (κ3) is 3.13. The fraction of sp³-hybridized carbons (Fsp3) is 0.471. The van der Waals surface area contributed by atoms with E-state index in [1.165, 1.54) is 30.2 Å². The quantitative estimate of drug-likeness (QED) is 0.842. The molecule has 0 aliphatic heterocycles. The minimum atomic E-state index is 0.713. The molecule has 2 atom stereocenters. The van der Waals surface area contributed by atoms with Gasteiger partial charge in [0.2, 0.25) is 0 Å². The number of fused-ring (bicyclic) bond motifs is 1. The van der Waals surface area contributed by atoms with Gasteiger partial charge in [-0.25, -0.2) is 0 Å². The molecule has 1 N–H and O–H groups in total. The number of hydrogen-bond acceptors (Lipinski definition) is 2. The summed E-state index contributed by atoms with van der Waals surface area (Å²) in [5.74, 6) is 2.29. The fourth-order valence-electron chi connectivity index (χ4n) is 3.22. The van der Waals surface area contributed by atoms with Crippen LogP contribution in [0.5, 0.6) is 0 Å². The molecule has 1 saturated carbocycles. The summed E-state index contributed by atoms with van der Waals surface area (Å²) in [6.45, 7) is 2.01. The van der Waals surface area contributed by atoms with Crippen LogP contribution in [0.15, 0.2) is 36.5 Å². The number of pyridine rings is 1. The second kappa shape index (κ2) is 6.55. The first-order valence-electron chi connectivity index (χ1n) is 7.47. The Bertz CT molecular complexity index is 570. The first kappa shape index (κ1) is 13.8. The average Bonchev–Trinajstić information content (AvgIpc) is 2.95. The molecule has 1 heterocycles. The van der Waals surface area contributed by atoms with Crippen LogP contribution < -0.4 is 5.32 Å². The number of rotatable bonds is 5. The van der Waals surface area contributed by atoms with Crippen LogP contribution in [-0.4, -0.2) is 17.4 Å². The zero-order valence-electron chi connectivity index (χ0n) is 11.7. The molecule has 0 saturated heterocycles. The number of benzene rings is 1. The van der Waals surface area contributed by atoms with Crippen molar-refractivity contribution in [2.45, 2.75) is 25.8 Å². The van der Waals surface area contributed by atoms with Gasteiger partial charge in [-0.2, -0.15) is 0 Å². The van der Waals surface area contributed by atoms with Crippen LogP contribution in [0.2, 0.25) is 0 Å². The molecule has 2 unspecified atom stereocenters. The van der Waals surface area contributed by atoms with Gasteiger partial charge >= 0.3 is 0 Å². The summed E-state index contributed by atoms with van der Waals surface area (Å²) >= 11 is 6.03. The molecular formula is C17H21ClN2. The lowest BCUT2D eigenvalue weighted by molar-refractivity contribution is 0.395. The Morgan fingerprint density at radius 1 is 1.20 bits per heavy atom. The van der Waals surface area contributed by atoms with Crippen molar-refractivity contribution in [1.82, 2.24) is 10.3 Å². The topological polar surface area (TPSA) is 24.9 Å². The van der Waals surface area contributed by atoms with E-state index >= 15 is 0 Å². The third-order valence-electron chi connectivity index (χ3n) is 4.42. The number of alkyl halides is 1. The van der Waals surface area contributed by atoms with E-state index in [1.807, 2.05) is 12.3 Å². The standard InChI is InChI=1S/C17H21ClN2/c18-10-15-3-1-4-16(15)12-19-11-13-6-7-17-14(9-13)5-2-8-20-17/h2,5-9,15-16,19H,1,3-4,10-12H2. The Labute approximate surface area is 125 Å². The lowest BCUT2D eigenvalue weighted by Gasteiger charge is -2.17. The molecule has 1 aliphatic carbocycles. The lowest BCUT2D eigenvalue weighted by atomic mass is 9.98. The van der Waals surface area contributed by atoms with E-state index in [0.717, 1.165) is 30.4 Å². The summed E-state index contributed by atoms with van der Waals surface area (Å²) < 4.78 is 0. The number of nitrogens with one attached hydrogen (secondary N) is 1. The Morgan fingerprint density at radius 2 is 2.10 bits per heavy atom. The van der Waals surface area contributed by atoms with E-state index in [2.05, 4.69) is 34.6 Å². The molecule has 2 aromatic rings. The predicted octanol–water partition coefficient (Wildman–Crippen LogP) is 3.98. The number of aromatic nitrogens is 1. The highest BCUT2D eigenvalue weighted by Gasteiger charge is 2.25. The Balaban J connectivity index is 1.57. The van der Waals surface area contributed by atoms with Crippen LogP contribution in [0.4, 0.5) is 0 Å². The van der Waals surface area contributed by atoms with Crippen molar-refractivity contribution in [2.24, 2.45) is 11.8 Å². The highest BCUT2D eigenvalue weighted by atomic mass is 35.5. The van der Waals surface area contributed by atoms with Crippen LogP contribution >= 0.6 is 11.6 Å². The molecule has 1 aliphatic rings. The summed E-state index contributed by atoms with van der Waals surface area (Å²) in [4.78, 5) is 4.35. The molecular weight excluding hydrogens is 268 g/mol. The molecule has 1 fully saturated rings. The molecule has 3 heteroatoms. The lowest BCUT2D eigenvalue weighted by Crippen LogP contribution is -2.25. The number of halogens is 1. The third-order valence-corrected chi connectivity index (χ3v) is 4.81. The SMILES string of the molecule is ClCC1CCCC1CNCc1ccc2ncccc2c1. The summed E-state index contributed by atoms with van der Waals surface area (Å²) in [5, 5.41) is 4.81. The van der Waals surface area contributed by atoms with Gasteiger partial charge in [0.05, 0.1) is 5.52 Å². The first-order chi connectivity index (χ1) is 9.86. The maximum atomic E-state index is 6.03. The van der Waals surface area contributed by atoms with Crippen LogP contribution in [0.25, 0.3) is 10.9 Å². The summed E-state index contributed by atoms with van der Waals surface area (Å²) in [6.07, 6.45) is 5.81. The van der Waals surface area contributed by atoms with E-state index in [9.17, 15) is 0 Å². The largest absolute Gasteiger partial charge is 0.312 e. The molecule has 0 bridgehead atoms. The summed E-state index contributed by atoms with van der Waals surface area (Å²) in [5.41, 5.74) is 2.39. The maximum Gasteiger partial charge on any atom is 0.0702 e. The van der Waals surface area contributed by atoms with E-state index in [4.69, 9.17) is 11.6 Å². The van der Waals surface area contributed by atoms with Crippen molar-refractivity contribution in [1.29, 1.82) is 0 Å². The van der Waals surface area contributed by atoms with Gasteiger partial charge < -0.3 is 5.32 Å². The first-order valence-corrected chi connectivity index (χ1v) is 8.00. The highest BCUT2D eigenvalue weighted by molar-refractivity contribution is 6.18. The Morgan fingerprint density at radius 3 is 3.00 bits per heavy atom. The van der Waals surface area contributed by atoms with Crippen molar-refractivity contribution in [2.75, 3.05) is 12.4 Å². The van der Waals surface area contributed by atoms with Crippen molar-refractivity contribution >= 4 is 22.5 Å². The van der Waals surface area contributed by atoms with Gasteiger partial charge in [0, 0.05) is 24.0 Å². The average molecular weight is 289 g/mol. The van der Waals surface area contributed by atoms with Crippen molar-refractivity contribution in [3.05, 3.63) is 42.1 Å². The molecule has 3 rings (SSSR count). The number of hydrogen-bond donors (Lipinski definition) is 1. The van der Waals surface area contributed by atoms with Gasteiger partial charge in [-0.3, -0.25) is 4.98 Å². The van der Waals surface area contributed by atoms with Crippen LogP contribution in [-0.2, 0) is 6.54 Å². The molecule has 0 amide bonds. The fourth-order valence-corrected chi connectivity index (χ4v) is 3.63. The van der Waals surface area contributed by atoms with Crippen molar-refractivity contribution in [3.63, 3.8) is 0 Å². The highest BCUT2D eigenvalue weighted by Crippen LogP contribution is 2.32. The Kier molecular flexibility index (Phi) is 4.54. The van der Waals surface area contributed by atoms with Crippen molar-refractivity contribution < 1.29 is 0 Å². The molecule has 1 aromatic heterocycles. The normalized spacial score (nSPS) is 22.4. The summed E-state index contributed by atoms with van der Waals surface area (Å²) in [6, 6.07) is 10.6. The van der Waals surface area contributed by atoms with Crippen molar-refractivity contribution in [3.8, 4) is 0 Å². The molecule has 1 aromatic carbocycles. The minimum Gasteiger partial charge on any atom is -0.312 e. The van der Waals surface area contributed by atoms with E-state index in [0.29, 0.717) is 5.92 Å². The van der Waals surface area contributed by atoms with E-state index < -0.39 is 0 Å². The second-order valence-electron chi connectivity index (χ2n) is 5.77. The smallest absolute Gasteiger partial charge is 0.0702 e. The maximum absolute atomic E-state index is 6.03.